The van der Waals surface area contributed by atoms with E-state index in [9.17, 15) is 14.0 Å². The summed E-state index contributed by atoms with van der Waals surface area (Å²) in [5.74, 6) is -1.86. The Hall–Kier alpha value is -2.15. The largest absolute Gasteiger partial charge is 0.478 e. The molecule has 102 valence electrons. The molecule has 7 heteroatoms. The Kier molecular flexibility index (Phi) is 3.96. The Morgan fingerprint density at radius 2 is 2.21 bits per heavy atom. The molecule has 2 rings (SSSR count). The number of carbonyl (C=O) groups is 2. The molecular weight excluding hydrogens is 255 g/mol. The van der Waals surface area contributed by atoms with Crippen molar-refractivity contribution in [3.8, 4) is 0 Å². The Balaban J connectivity index is 2.06. The smallest absolute Gasteiger partial charge is 0.337 e. The first kappa shape index (κ1) is 13.3. The van der Waals surface area contributed by atoms with Crippen LogP contribution in [0.4, 0.5) is 14.9 Å². The SMILES string of the molecule is O=C(Nc1cc(F)ccc1C(=O)O)NC1CCOC1. The number of benzene rings is 1. The number of urea groups is 1. The molecule has 1 saturated heterocycles. The van der Waals surface area contributed by atoms with E-state index in [0.29, 0.717) is 19.6 Å². The van der Waals surface area contributed by atoms with E-state index in [4.69, 9.17) is 9.84 Å². The highest BCUT2D eigenvalue weighted by atomic mass is 19.1. The maximum absolute atomic E-state index is 13.1. The van der Waals surface area contributed by atoms with Crippen LogP contribution in [0.3, 0.4) is 0 Å². The normalized spacial score (nSPS) is 18.1. The maximum Gasteiger partial charge on any atom is 0.337 e. The fourth-order valence-electron chi connectivity index (χ4n) is 1.80. The number of carboxylic acids is 1. The third-order valence-corrected chi connectivity index (χ3v) is 2.73. The molecule has 0 bridgehead atoms. The summed E-state index contributed by atoms with van der Waals surface area (Å²) in [4.78, 5) is 22.6. The van der Waals surface area contributed by atoms with Gasteiger partial charge in [0, 0.05) is 6.61 Å². The van der Waals surface area contributed by atoms with E-state index < -0.39 is 17.8 Å². The summed E-state index contributed by atoms with van der Waals surface area (Å²) in [7, 11) is 0. The summed E-state index contributed by atoms with van der Waals surface area (Å²) in [6.07, 6.45) is 0.697. The Labute approximate surface area is 108 Å². The van der Waals surface area contributed by atoms with Crippen molar-refractivity contribution in [2.24, 2.45) is 0 Å². The number of nitrogens with one attached hydrogen (secondary N) is 2. The molecule has 1 aliphatic rings. The van der Waals surface area contributed by atoms with Gasteiger partial charge in [-0.1, -0.05) is 0 Å². The van der Waals surface area contributed by atoms with Crippen LogP contribution < -0.4 is 10.6 Å². The summed E-state index contributed by atoms with van der Waals surface area (Å²) in [5.41, 5.74) is -0.247. The third kappa shape index (κ3) is 3.41. The average molecular weight is 268 g/mol. The van der Waals surface area contributed by atoms with Gasteiger partial charge in [-0.3, -0.25) is 0 Å². The zero-order valence-electron chi connectivity index (χ0n) is 9.98. The van der Waals surface area contributed by atoms with Gasteiger partial charge >= 0.3 is 12.0 Å². The first-order valence-corrected chi connectivity index (χ1v) is 5.74. The number of hydrogen-bond acceptors (Lipinski definition) is 3. The van der Waals surface area contributed by atoms with Gasteiger partial charge in [-0.05, 0) is 24.6 Å². The molecule has 0 spiro atoms. The maximum atomic E-state index is 13.1. The van der Waals surface area contributed by atoms with Crippen LogP contribution in [0.1, 0.15) is 16.8 Å². The van der Waals surface area contributed by atoms with Crippen molar-refractivity contribution in [2.45, 2.75) is 12.5 Å². The molecule has 1 heterocycles. The van der Waals surface area contributed by atoms with Gasteiger partial charge in [0.05, 0.1) is 23.9 Å². The molecule has 1 aromatic rings. The first-order valence-electron chi connectivity index (χ1n) is 5.74. The first-order chi connectivity index (χ1) is 9.06. The molecule has 1 aromatic carbocycles. The van der Waals surface area contributed by atoms with Crippen molar-refractivity contribution < 1.29 is 23.8 Å². The van der Waals surface area contributed by atoms with Crippen molar-refractivity contribution in [3.05, 3.63) is 29.6 Å². The second-order valence-electron chi connectivity index (χ2n) is 4.15. The van der Waals surface area contributed by atoms with E-state index in [-0.39, 0.29) is 17.3 Å². The van der Waals surface area contributed by atoms with Gasteiger partial charge in [0.25, 0.3) is 0 Å². The molecule has 19 heavy (non-hydrogen) atoms. The lowest BCUT2D eigenvalue weighted by atomic mass is 10.1. The van der Waals surface area contributed by atoms with Crippen LogP contribution in [-0.2, 0) is 4.74 Å². The van der Waals surface area contributed by atoms with Gasteiger partial charge in [0.15, 0.2) is 0 Å². The van der Waals surface area contributed by atoms with Crippen LogP contribution in [0.2, 0.25) is 0 Å². The molecule has 1 unspecified atom stereocenters. The van der Waals surface area contributed by atoms with Gasteiger partial charge in [0.1, 0.15) is 5.82 Å². The number of carboxylic acid groups (broad SMARTS) is 1. The van der Waals surface area contributed by atoms with Crippen LogP contribution >= 0.6 is 0 Å². The zero-order valence-corrected chi connectivity index (χ0v) is 9.98. The van der Waals surface area contributed by atoms with Crippen molar-refractivity contribution >= 4 is 17.7 Å². The van der Waals surface area contributed by atoms with Crippen molar-refractivity contribution in [3.63, 3.8) is 0 Å². The molecule has 1 fully saturated rings. The molecule has 0 aromatic heterocycles. The molecule has 6 nitrogen and oxygen atoms in total. The molecule has 2 amide bonds. The molecule has 1 atom stereocenters. The Morgan fingerprint density at radius 3 is 2.84 bits per heavy atom. The van der Waals surface area contributed by atoms with E-state index in [0.717, 1.165) is 18.2 Å². The molecular formula is C12H13FN2O4. The highest BCUT2D eigenvalue weighted by molar-refractivity contribution is 6.00. The molecule has 1 aliphatic heterocycles. The summed E-state index contributed by atoms with van der Waals surface area (Å²) in [6.45, 7) is 0.994. The number of hydrogen-bond donors (Lipinski definition) is 3. The van der Waals surface area contributed by atoms with Crippen LogP contribution in [0.5, 0.6) is 0 Å². The average Bonchev–Trinajstić information content (AvgIpc) is 2.81. The highest BCUT2D eigenvalue weighted by Gasteiger charge is 2.19. The summed E-state index contributed by atoms with van der Waals surface area (Å²) in [6, 6.07) is 2.41. The van der Waals surface area contributed by atoms with Gasteiger partial charge in [-0.25, -0.2) is 14.0 Å². The number of ether oxygens (including phenoxy) is 1. The van der Waals surface area contributed by atoms with Crippen molar-refractivity contribution in [1.29, 1.82) is 0 Å². The van der Waals surface area contributed by atoms with E-state index in [1.54, 1.807) is 0 Å². The predicted octanol–water partition coefficient (Wildman–Crippen LogP) is 1.43. The minimum atomic E-state index is -1.24. The second-order valence-corrected chi connectivity index (χ2v) is 4.15. The minimum Gasteiger partial charge on any atom is -0.478 e. The topological polar surface area (TPSA) is 87.7 Å². The van der Waals surface area contributed by atoms with E-state index in [2.05, 4.69) is 10.6 Å². The highest BCUT2D eigenvalue weighted by Crippen LogP contribution is 2.17. The molecule has 0 saturated carbocycles. The van der Waals surface area contributed by atoms with Gasteiger partial charge in [-0.2, -0.15) is 0 Å². The summed E-state index contributed by atoms with van der Waals surface area (Å²) >= 11 is 0. The molecule has 3 N–H and O–H groups in total. The molecule has 0 radical (unpaired) electrons. The van der Waals surface area contributed by atoms with Crippen LogP contribution in [0, 0.1) is 5.82 Å². The third-order valence-electron chi connectivity index (χ3n) is 2.73. The Bertz CT molecular complexity index is 501. The van der Waals surface area contributed by atoms with Crippen molar-refractivity contribution in [1.82, 2.24) is 5.32 Å². The van der Waals surface area contributed by atoms with Crippen LogP contribution in [-0.4, -0.2) is 36.4 Å². The predicted molar refractivity (Wildman–Crippen MR) is 64.7 cm³/mol. The van der Waals surface area contributed by atoms with Gasteiger partial charge in [-0.15, -0.1) is 0 Å². The van der Waals surface area contributed by atoms with Gasteiger partial charge < -0.3 is 20.5 Å². The second kappa shape index (κ2) is 5.66. The van der Waals surface area contributed by atoms with E-state index >= 15 is 0 Å². The number of aromatic carboxylic acids is 1. The quantitative estimate of drug-likeness (QED) is 0.774. The summed E-state index contributed by atoms with van der Waals surface area (Å²) < 4.78 is 18.2. The lowest BCUT2D eigenvalue weighted by Crippen LogP contribution is -2.38. The number of carbonyl (C=O) groups excluding carboxylic acids is 1. The number of amides is 2. The lowest BCUT2D eigenvalue weighted by molar-refractivity contribution is 0.0698. The van der Waals surface area contributed by atoms with Crippen LogP contribution in [0.25, 0.3) is 0 Å². The van der Waals surface area contributed by atoms with E-state index in [1.807, 2.05) is 0 Å². The molecule has 0 aliphatic carbocycles. The monoisotopic (exact) mass is 268 g/mol. The standard InChI is InChI=1S/C12H13FN2O4/c13-7-1-2-9(11(16)17)10(5-7)15-12(18)14-8-3-4-19-6-8/h1-2,5,8H,3-4,6H2,(H,16,17)(H2,14,15,18). The van der Waals surface area contributed by atoms with Crippen molar-refractivity contribution in [2.75, 3.05) is 18.5 Å². The number of rotatable bonds is 3. The lowest BCUT2D eigenvalue weighted by Gasteiger charge is -2.13. The summed E-state index contributed by atoms with van der Waals surface area (Å²) in [5, 5.41) is 13.9. The fraction of sp³-hybridized carbons (Fsp3) is 0.333. The fourth-order valence-corrected chi connectivity index (χ4v) is 1.80. The number of anilines is 1. The number of halogens is 1. The minimum absolute atomic E-state index is 0.0797. The zero-order chi connectivity index (χ0) is 13.8. The van der Waals surface area contributed by atoms with E-state index in [1.165, 1.54) is 0 Å². The van der Waals surface area contributed by atoms with Gasteiger partial charge in [0.2, 0.25) is 0 Å². The van der Waals surface area contributed by atoms with Crippen LogP contribution in [0.15, 0.2) is 18.2 Å². The Morgan fingerprint density at radius 1 is 1.42 bits per heavy atom.